The molecule has 0 bridgehead atoms. The van der Waals surface area contributed by atoms with Gasteiger partial charge in [0.15, 0.2) is 0 Å². The summed E-state index contributed by atoms with van der Waals surface area (Å²) in [6, 6.07) is 13.4. The Morgan fingerprint density at radius 3 is 2.81 bits per heavy atom. The second kappa shape index (κ2) is 7.47. The average Bonchev–Trinajstić information content (AvgIpc) is 3.18. The molecular weight excluding hydrogens is 336 g/mol. The number of hydrogen-bond donors (Lipinski definition) is 3. The van der Waals surface area contributed by atoms with Gasteiger partial charge in [-0.25, -0.2) is 0 Å². The molecule has 0 saturated carbocycles. The van der Waals surface area contributed by atoms with E-state index in [4.69, 9.17) is 0 Å². The van der Waals surface area contributed by atoms with Crippen LogP contribution in [0, 0.1) is 5.92 Å². The first kappa shape index (κ1) is 17.7. The summed E-state index contributed by atoms with van der Waals surface area (Å²) in [5.74, 6) is 0.858. The lowest BCUT2D eigenvalue weighted by Gasteiger charge is -2.38. The third-order valence-electron chi connectivity index (χ3n) is 5.73. The third kappa shape index (κ3) is 3.20. The molecule has 1 heterocycles. The van der Waals surface area contributed by atoms with Crippen molar-refractivity contribution < 1.29 is 9.90 Å². The molecule has 4 rings (SSSR count). The monoisotopic (exact) mass is 362 g/mol. The van der Waals surface area contributed by atoms with Crippen molar-refractivity contribution in [3.63, 3.8) is 0 Å². The smallest absolute Gasteiger partial charge is 0.253 e. The molecule has 4 heteroatoms. The first-order valence-electron chi connectivity index (χ1n) is 9.83. The van der Waals surface area contributed by atoms with Gasteiger partial charge in [-0.15, -0.1) is 0 Å². The molecule has 2 aliphatic rings. The van der Waals surface area contributed by atoms with E-state index in [1.165, 1.54) is 5.56 Å². The van der Waals surface area contributed by atoms with Gasteiger partial charge in [-0.1, -0.05) is 55.8 Å². The molecular formula is C23H26N2O2. The summed E-state index contributed by atoms with van der Waals surface area (Å²) in [7, 11) is 0. The molecule has 1 amide bonds. The molecule has 3 N–H and O–H groups in total. The Balaban J connectivity index is 1.72. The zero-order valence-corrected chi connectivity index (χ0v) is 15.6. The zero-order chi connectivity index (χ0) is 18.8. The molecule has 1 aliphatic carbocycles. The second-order valence-electron chi connectivity index (χ2n) is 7.41. The highest BCUT2D eigenvalue weighted by Gasteiger charge is 2.40. The van der Waals surface area contributed by atoms with E-state index in [0.717, 1.165) is 30.5 Å². The fraction of sp³-hybridized carbons (Fsp3) is 0.348. The molecule has 0 fully saturated rings. The predicted octanol–water partition coefficient (Wildman–Crippen LogP) is 4.75. The molecule has 0 saturated heterocycles. The Hall–Kier alpha value is -2.75. The van der Waals surface area contributed by atoms with Gasteiger partial charge in [-0.2, -0.15) is 0 Å². The highest BCUT2D eigenvalue weighted by Crippen LogP contribution is 2.51. The Morgan fingerprint density at radius 1 is 1.19 bits per heavy atom. The van der Waals surface area contributed by atoms with Gasteiger partial charge in [0.05, 0.1) is 17.3 Å². The number of allylic oxidation sites excluding steroid dienone is 2. The van der Waals surface area contributed by atoms with Crippen molar-refractivity contribution in [1.29, 1.82) is 0 Å². The molecule has 3 unspecified atom stereocenters. The van der Waals surface area contributed by atoms with Crippen LogP contribution in [0.15, 0.2) is 54.6 Å². The minimum Gasteiger partial charge on any atom is -0.508 e. The van der Waals surface area contributed by atoms with Gasteiger partial charge < -0.3 is 15.7 Å². The summed E-state index contributed by atoms with van der Waals surface area (Å²) < 4.78 is 0. The summed E-state index contributed by atoms with van der Waals surface area (Å²) in [5.41, 5.74) is 3.64. The number of carbonyl (C=O) groups excluding carboxylic acids is 1. The van der Waals surface area contributed by atoms with Crippen LogP contribution in [0.3, 0.4) is 0 Å². The molecule has 0 radical (unpaired) electrons. The number of nitrogens with one attached hydrogen (secondary N) is 2. The van der Waals surface area contributed by atoms with Crippen LogP contribution in [0.25, 0.3) is 0 Å². The van der Waals surface area contributed by atoms with Crippen molar-refractivity contribution in [3.05, 3.63) is 71.3 Å². The van der Waals surface area contributed by atoms with E-state index in [-0.39, 0.29) is 17.9 Å². The number of carbonyl (C=O) groups is 1. The fourth-order valence-electron chi connectivity index (χ4n) is 4.34. The minimum absolute atomic E-state index is 0.0247. The number of rotatable bonds is 5. The SMILES string of the molecule is CCCCNC(=O)c1cccc2c1NC(c1ccccc1O)C1CC=CC21. The van der Waals surface area contributed by atoms with Crippen molar-refractivity contribution in [2.45, 2.75) is 38.1 Å². The van der Waals surface area contributed by atoms with Crippen molar-refractivity contribution in [2.75, 3.05) is 11.9 Å². The Morgan fingerprint density at radius 2 is 2.00 bits per heavy atom. The first-order chi connectivity index (χ1) is 13.2. The van der Waals surface area contributed by atoms with Crippen LogP contribution in [-0.4, -0.2) is 17.6 Å². The van der Waals surface area contributed by atoms with Gasteiger partial charge in [0.25, 0.3) is 5.91 Å². The number of amides is 1. The maximum absolute atomic E-state index is 12.8. The lowest BCUT2D eigenvalue weighted by atomic mass is 9.76. The summed E-state index contributed by atoms with van der Waals surface area (Å²) in [4.78, 5) is 12.8. The van der Waals surface area contributed by atoms with Crippen LogP contribution in [0.4, 0.5) is 5.69 Å². The van der Waals surface area contributed by atoms with E-state index in [9.17, 15) is 9.90 Å². The zero-order valence-electron chi connectivity index (χ0n) is 15.6. The van der Waals surface area contributed by atoms with Crippen molar-refractivity contribution >= 4 is 11.6 Å². The molecule has 27 heavy (non-hydrogen) atoms. The van der Waals surface area contributed by atoms with Crippen molar-refractivity contribution in [2.24, 2.45) is 5.92 Å². The standard InChI is InChI=1S/C23H26N2O2/c1-2-3-14-24-23(27)19-12-7-11-17-15-9-6-10-16(15)21(25-22(17)19)18-8-4-5-13-20(18)26/h4-9,11-13,15-16,21,25-26H,2-3,10,14H2,1H3,(H,24,27). The van der Waals surface area contributed by atoms with Gasteiger partial charge in [-0.3, -0.25) is 4.79 Å². The van der Waals surface area contributed by atoms with E-state index in [2.05, 4.69) is 35.8 Å². The topological polar surface area (TPSA) is 61.4 Å². The van der Waals surface area contributed by atoms with Crippen LogP contribution in [0.1, 0.15) is 59.6 Å². The largest absolute Gasteiger partial charge is 0.508 e. The second-order valence-corrected chi connectivity index (χ2v) is 7.41. The highest BCUT2D eigenvalue weighted by molar-refractivity contribution is 6.00. The number of aromatic hydroxyl groups is 1. The molecule has 0 spiro atoms. The maximum Gasteiger partial charge on any atom is 0.253 e. The normalized spacial score (nSPS) is 22.6. The molecule has 140 valence electrons. The molecule has 1 aliphatic heterocycles. The molecule has 2 aromatic carbocycles. The van der Waals surface area contributed by atoms with Crippen LogP contribution in [0.2, 0.25) is 0 Å². The van der Waals surface area contributed by atoms with Crippen molar-refractivity contribution in [3.8, 4) is 5.75 Å². The lowest BCUT2D eigenvalue weighted by Crippen LogP contribution is -2.32. The summed E-state index contributed by atoms with van der Waals surface area (Å²) in [6.45, 7) is 2.80. The van der Waals surface area contributed by atoms with Gasteiger partial charge >= 0.3 is 0 Å². The van der Waals surface area contributed by atoms with E-state index < -0.39 is 0 Å². The molecule has 3 atom stereocenters. The van der Waals surface area contributed by atoms with Gasteiger partial charge in [0.2, 0.25) is 0 Å². The number of phenolic OH excluding ortho intramolecular Hbond substituents is 1. The van der Waals surface area contributed by atoms with E-state index >= 15 is 0 Å². The Labute approximate surface area is 160 Å². The number of phenols is 1. The number of benzene rings is 2. The van der Waals surface area contributed by atoms with Crippen LogP contribution in [0.5, 0.6) is 5.75 Å². The minimum atomic E-state index is -0.0377. The average molecular weight is 362 g/mol. The Kier molecular flexibility index (Phi) is 4.88. The van der Waals surface area contributed by atoms with E-state index in [0.29, 0.717) is 23.8 Å². The quantitative estimate of drug-likeness (QED) is 0.531. The van der Waals surface area contributed by atoms with Crippen LogP contribution >= 0.6 is 0 Å². The summed E-state index contributed by atoms with van der Waals surface area (Å²) in [5, 5.41) is 17.0. The van der Waals surface area contributed by atoms with Gasteiger partial charge in [0.1, 0.15) is 5.75 Å². The number of unbranched alkanes of at least 4 members (excludes halogenated alkanes) is 1. The molecule has 0 aromatic heterocycles. The third-order valence-corrected chi connectivity index (χ3v) is 5.73. The predicted molar refractivity (Wildman–Crippen MR) is 108 cm³/mol. The Bertz CT molecular complexity index is 874. The summed E-state index contributed by atoms with van der Waals surface area (Å²) >= 11 is 0. The van der Waals surface area contributed by atoms with Crippen LogP contribution < -0.4 is 10.6 Å². The van der Waals surface area contributed by atoms with Gasteiger partial charge in [-0.05, 0) is 36.5 Å². The number of para-hydroxylation sites is 2. The van der Waals surface area contributed by atoms with E-state index in [1.54, 1.807) is 6.07 Å². The fourth-order valence-corrected chi connectivity index (χ4v) is 4.34. The maximum atomic E-state index is 12.8. The van der Waals surface area contributed by atoms with Crippen LogP contribution in [-0.2, 0) is 0 Å². The first-order valence-corrected chi connectivity index (χ1v) is 9.83. The van der Waals surface area contributed by atoms with Gasteiger partial charge in [0, 0.05) is 18.0 Å². The van der Waals surface area contributed by atoms with E-state index in [1.807, 2.05) is 30.3 Å². The summed E-state index contributed by atoms with van der Waals surface area (Å²) in [6.07, 6.45) is 7.45. The number of anilines is 1. The molecule has 4 nitrogen and oxygen atoms in total. The molecule has 2 aromatic rings. The number of fused-ring (bicyclic) bond motifs is 3. The van der Waals surface area contributed by atoms with Crippen molar-refractivity contribution in [1.82, 2.24) is 5.32 Å². The highest BCUT2D eigenvalue weighted by atomic mass is 16.3. The lowest BCUT2D eigenvalue weighted by molar-refractivity contribution is 0.0953. The number of hydrogen-bond acceptors (Lipinski definition) is 3.